The molecule has 0 aliphatic carbocycles. The zero-order chi connectivity index (χ0) is 14.5. The number of ether oxygens (including phenoxy) is 1. The molecule has 0 fully saturated rings. The van der Waals surface area contributed by atoms with Crippen LogP contribution in [0.25, 0.3) is 0 Å². The summed E-state index contributed by atoms with van der Waals surface area (Å²) >= 11 is 0.807. The topological polar surface area (TPSA) is 90.1 Å². The monoisotopic (exact) mass is 296 g/mol. The number of hydrogen-bond acceptors (Lipinski definition) is 7. The lowest BCUT2D eigenvalue weighted by molar-refractivity contribution is -0.141. The van der Waals surface area contributed by atoms with Gasteiger partial charge < -0.3 is 4.74 Å². The van der Waals surface area contributed by atoms with Crippen LogP contribution in [0, 0.1) is 0 Å². The van der Waals surface area contributed by atoms with E-state index in [2.05, 4.69) is 14.7 Å². The number of hydrazine groups is 1. The van der Waals surface area contributed by atoms with E-state index in [1.54, 1.807) is 6.92 Å². The Kier molecular flexibility index (Phi) is 5.36. The Morgan fingerprint density at radius 3 is 2.74 bits per heavy atom. The average molecular weight is 296 g/mol. The molecule has 0 aromatic carbocycles. The fraction of sp³-hybridized carbons (Fsp3) is 0.444. The van der Waals surface area contributed by atoms with E-state index in [9.17, 15) is 18.0 Å². The number of anilines is 1. The van der Waals surface area contributed by atoms with E-state index < -0.39 is 17.8 Å². The second-order valence-electron chi connectivity index (χ2n) is 3.15. The van der Waals surface area contributed by atoms with Crippen molar-refractivity contribution in [3.8, 4) is 0 Å². The number of carbonyl (C=O) groups is 1. The summed E-state index contributed by atoms with van der Waals surface area (Å²) in [5.74, 6) is 3.93. The van der Waals surface area contributed by atoms with Gasteiger partial charge in [0.1, 0.15) is 5.03 Å². The summed E-state index contributed by atoms with van der Waals surface area (Å²) in [4.78, 5) is 18.0. The first-order chi connectivity index (χ1) is 8.86. The summed E-state index contributed by atoms with van der Waals surface area (Å²) in [5.41, 5.74) is 0.804. The maximum Gasteiger partial charge on any atom is 0.433 e. The van der Waals surface area contributed by atoms with E-state index in [4.69, 9.17) is 5.84 Å². The highest BCUT2D eigenvalue weighted by atomic mass is 32.2. The van der Waals surface area contributed by atoms with E-state index in [-0.39, 0.29) is 23.3 Å². The van der Waals surface area contributed by atoms with Crippen LogP contribution in [0.1, 0.15) is 12.6 Å². The first kappa shape index (κ1) is 15.5. The Balaban J connectivity index is 2.86. The van der Waals surface area contributed by atoms with Gasteiger partial charge in [-0.05, 0) is 6.92 Å². The Bertz CT molecular complexity index is 456. The normalized spacial score (nSPS) is 11.2. The van der Waals surface area contributed by atoms with Gasteiger partial charge in [-0.15, -0.1) is 0 Å². The van der Waals surface area contributed by atoms with Crippen molar-refractivity contribution in [1.82, 2.24) is 9.97 Å². The van der Waals surface area contributed by atoms with Gasteiger partial charge in [0.2, 0.25) is 5.95 Å². The predicted molar refractivity (Wildman–Crippen MR) is 62.2 cm³/mol. The van der Waals surface area contributed by atoms with Crippen molar-refractivity contribution < 1.29 is 22.7 Å². The van der Waals surface area contributed by atoms with E-state index in [0.29, 0.717) is 0 Å². The third kappa shape index (κ3) is 4.91. The molecule has 1 aromatic heterocycles. The zero-order valence-electron chi connectivity index (χ0n) is 9.82. The fourth-order valence-electron chi connectivity index (χ4n) is 1.04. The minimum Gasteiger partial charge on any atom is -0.465 e. The third-order valence-electron chi connectivity index (χ3n) is 1.77. The molecule has 0 aliphatic heterocycles. The van der Waals surface area contributed by atoms with Gasteiger partial charge in [-0.1, -0.05) is 11.8 Å². The Morgan fingerprint density at radius 2 is 2.21 bits per heavy atom. The Labute approximate surface area is 110 Å². The number of rotatable bonds is 5. The summed E-state index contributed by atoms with van der Waals surface area (Å²) < 4.78 is 42.3. The quantitative estimate of drug-likeness (QED) is 0.279. The van der Waals surface area contributed by atoms with Gasteiger partial charge in [0, 0.05) is 6.07 Å². The van der Waals surface area contributed by atoms with Crippen LogP contribution in [0.2, 0.25) is 0 Å². The first-order valence-electron chi connectivity index (χ1n) is 5.08. The highest BCUT2D eigenvalue weighted by Gasteiger charge is 2.33. The number of aromatic nitrogens is 2. The maximum atomic E-state index is 12.5. The fourth-order valence-corrected chi connectivity index (χ4v) is 1.74. The van der Waals surface area contributed by atoms with Crippen molar-refractivity contribution in [3.63, 3.8) is 0 Å². The molecule has 0 aliphatic rings. The molecule has 0 radical (unpaired) electrons. The summed E-state index contributed by atoms with van der Waals surface area (Å²) in [5, 5.41) is -0.0247. The number of esters is 1. The van der Waals surface area contributed by atoms with E-state index in [1.807, 2.05) is 5.43 Å². The van der Waals surface area contributed by atoms with Crippen molar-refractivity contribution in [1.29, 1.82) is 0 Å². The number of hydrogen-bond donors (Lipinski definition) is 2. The molecular formula is C9H11F3N4O2S. The van der Waals surface area contributed by atoms with Crippen molar-refractivity contribution in [2.75, 3.05) is 17.8 Å². The average Bonchev–Trinajstić information content (AvgIpc) is 2.35. The van der Waals surface area contributed by atoms with Crippen LogP contribution in [0.5, 0.6) is 0 Å². The number of carbonyl (C=O) groups excluding carboxylic acids is 1. The second-order valence-corrected chi connectivity index (χ2v) is 4.15. The van der Waals surface area contributed by atoms with Gasteiger partial charge in [-0.25, -0.2) is 15.8 Å². The van der Waals surface area contributed by atoms with E-state index in [0.717, 1.165) is 17.8 Å². The van der Waals surface area contributed by atoms with Crippen LogP contribution < -0.4 is 11.3 Å². The standard InChI is InChI=1S/C9H11F3N4O2S/c1-2-18-7(17)4-19-6-3-5(9(10,11)12)14-8(15-6)16-13/h3H,2,4,13H2,1H3,(H,14,15,16). The Morgan fingerprint density at radius 1 is 1.53 bits per heavy atom. The lowest BCUT2D eigenvalue weighted by Crippen LogP contribution is -2.16. The minimum atomic E-state index is -4.62. The van der Waals surface area contributed by atoms with Crippen LogP contribution in [0.15, 0.2) is 11.1 Å². The number of nitrogens with two attached hydrogens (primary N) is 1. The van der Waals surface area contributed by atoms with Crippen molar-refractivity contribution >= 4 is 23.7 Å². The Hall–Kier alpha value is -1.55. The molecular weight excluding hydrogens is 285 g/mol. The van der Waals surface area contributed by atoms with E-state index in [1.165, 1.54) is 0 Å². The molecule has 0 bridgehead atoms. The van der Waals surface area contributed by atoms with Crippen LogP contribution in [0.3, 0.4) is 0 Å². The van der Waals surface area contributed by atoms with Crippen LogP contribution in [-0.4, -0.2) is 28.3 Å². The van der Waals surface area contributed by atoms with Crippen molar-refractivity contribution in [2.45, 2.75) is 18.1 Å². The molecule has 10 heteroatoms. The number of alkyl halides is 3. The molecule has 19 heavy (non-hydrogen) atoms. The summed E-state index contributed by atoms with van der Waals surface area (Å²) in [6.07, 6.45) is -4.62. The molecule has 1 rings (SSSR count). The number of nitrogen functional groups attached to an aromatic ring is 1. The van der Waals surface area contributed by atoms with Crippen molar-refractivity contribution in [3.05, 3.63) is 11.8 Å². The van der Waals surface area contributed by atoms with Gasteiger partial charge in [-0.2, -0.15) is 13.2 Å². The molecule has 1 aromatic rings. The van der Waals surface area contributed by atoms with Gasteiger partial charge in [0.05, 0.1) is 12.4 Å². The summed E-state index contributed by atoms with van der Waals surface area (Å²) in [6, 6.07) is 0.741. The van der Waals surface area contributed by atoms with Gasteiger partial charge in [-0.3, -0.25) is 10.2 Å². The molecule has 0 saturated heterocycles. The molecule has 6 nitrogen and oxygen atoms in total. The number of thioether (sulfide) groups is 1. The van der Waals surface area contributed by atoms with Crippen LogP contribution in [0.4, 0.5) is 19.1 Å². The molecule has 0 amide bonds. The van der Waals surface area contributed by atoms with E-state index >= 15 is 0 Å². The van der Waals surface area contributed by atoms with Crippen LogP contribution in [-0.2, 0) is 15.7 Å². The van der Waals surface area contributed by atoms with Crippen molar-refractivity contribution in [2.24, 2.45) is 5.84 Å². The molecule has 0 unspecified atom stereocenters. The third-order valence-corrected chi connectivity index (χ3v) is 2.65. The smallest absolute Gasteiger partial charge is 0.433 e. The van der Waals surface area contributed by atoms with Gasteiger partial charge in [0.25, 0.3) is 0 Å². The first-order valence-corrected chi connectivity index (χ1v) is 6.06. The maximum absolute atomic E-state index is 12.5. The van der Waals surface area contributed by atoms with Crippen LogP contribution >= 0.6 is 11.8 Å². The SMILES string of the molecule is CCOC(=O)CSc1cc(C(F)(F)F)nc(NN)n1. The van der Waals surface area contributed by atoms with Gasteiger partial charge >= 0.3 is 12.1 Å². The molecule has 0 saturated carbocycles. The summed E-state index contributed by atoms with van der Waals surface area (Å²) in [7, 11) is 0. The predicted octanol–water partition coefficient (Wildman–Crippen LogP) is 1.44. The summed E-state index contributed by atoms with van der Waals surface area (Å²) in [6.45, 7) is 1.83. The number of halogens is 3. The molecule has 0 spiro atoms. The number of nitrogens with one attached hydrogen (secondary N) is 1. The molecule has 3 N–H and O–H groups in total. The highest BCUT2D eigenvalue weighted by Crippen LogP contribution is 2.30. The molecule has 0 atom stereocenters. The molecule has 1 heterocycles. The van der Waals surface area contributed by atoms with Gasteiger partial charge in [0.15, 0.2) is 5.69 Å². The molecule has 106 valence electrons. The number of nitrogens with zero attached hydrogens (tertiary/aromatic N) is 2. The largest absolute Gasteiger partial charge is 0.465 e. The highest BCUT2D eigenvalue weighted by molar-refractivity contribution is 7.99. The lowest BCUT2D eigenvalue weighted by Gasteiger charge is -2.09. The second kappa shape index (κ2) is 6.57. The lowest BCUT2D eigenvalue weighted by atomic mass is 10.4. The zero-order valence-corrected chi connectivity index (χ0v) is 10.6. The minimum absolute atomic E-state index is 0.0247.